The average Bonchev–Trinajstić information content (AvgIpc) is 2.28. The van der Waals surface area contributed by atoms with Crippen LogP contribution in [0.2, 0.25) is 0 Å². The van der Waals surface area contributed by atoms with Gasteiger partial charge in [-0.3, -0.25) is 0 Å². The minimum Gasteiger partial charge on any atom is -0.478 e. The van der Waals surface area contributed by atoms with Crippen LogP contribution in [0.25, 0.3) is 0 Å². The van der Waals surface area contributed by atoms with E-state index in [-0.39, 0.29) is 6.10 Å². The molecular formula is C13H19NO3. The van der Waals surface area contributed by atoms with Crippen molar-refractivity contribution in [1.29, 1.82) is 0 Å². The van der Waals surface area contributed by atoms with E-state index in [1.807, 2.05) is 31.9 Å². The molecule has 0 amide bonds. The van der Waals surface area contributed by atoms with E-state index in [9.17, 15) is 4.79 Å². The molecule has 4 nitrogen and oxygen atoms in total. The second kappa shape index (κ2) is 6.25. The molecule has 0 aliphatic carbocycles. The van der Waals surface area contributed by atoms with E-state index >= 15 is 0 Å². The molecule has 17 heavy (non-hydrogen) atoms. The van der Waals surface area contributed by atoms with Gasteiger partial charge in [-0.2, -0.15) is 0 Å². The zero-order chi connectivity index (χ0) is 12.8. The molecule has 4 heteroatoms. The highest BCUT2D eigenvalue weighted by Gasteiger charge is 2.06. The first-order valence-corrected chi connectivity index (χ1v) is 5.67. The van der Waals surface area contributed by atoms with Crippen LogP contribution >= 0.6 is 0 Å². The second-order valence-corrected chi connectivity index (χ2v) is 4.20. The maximum atomic E-state index is 10.8. The molecule has 0 aromatic heterocycles. The summed E-state index contributed by atoms with van der Waals surface area (Å²) >= 11 is 0. The lowest BCUT2D eigenvalue weighted by molar-refractivity contribution is 0.0697. The molecule has 0 aliphatic heterocycles. The van der Waals surface area contributed by atoms with E-state index in [0.717, 1.165) is 12.2 Å². The Morgan fingerprint density at radius 2 is 2.18 bits per heavy atom. The lowest BCUT2D eigenvalue weighted by Crippen LogP contribution is -2.24. The Bertz CT molecular complexity index is 377. The van der Waals surface area contributed by atoms with E-state index in [4.69, 9.17) is 9.84 Å². The third-order valence-corrected chi connectivity index (χ3v) is 2.41. The summed E-state index contributed by atoms with van der Waals surface area (Å²) < 4.78 is 5.45. The Morgan fingerprint density at radius 3 is 2.76 bits per heavy atom. The molecule has 0 unspecified atom stereocenters. The molecule has 0 atom stereocenters. The van der Waals surface area contributed by atoms with E-state index in [2.05, 4.69) is 0 Å². The lowest BCUT2D eigenvalue weighted by atomic mass is 10.2. The Hall–Kier alpha value is -1.55. The normalized spacial score (nSPS) is 10.6. The van der Waals surface area contributed by atoms with Crippen molar-refractivity contribution < 1.29 is 14.6 Å². The summed E-state index contributed by atoms with van der Waals surface area (Å²) in [4.78, 5) is 12.8. The fourth-order valence-corrected chi connectivity index (χ4v) is 1.43. The first-order valence-electron chi connectivity index (χ1n) is 5.67. The Kier molecular flexibility index (Phi) is 4.97. The van der Waals surface area contributed by atoms with Crippen molar-refractivity contribution in [2.75, 3.05) is 25.1 Å². The summed E-state index contributed by atoms with van der Waals surface area (Å²) in [6.45, 7) is 5.35. The first-order chi connectivity index (χ1) is 8.00. The van der Waals surface area contributed by atoms with Crippen molar-refractivity contribution in [3.63, 3.8) is 0 Å². The van der Waals surface area contributed by atoms with Crippen LogP contribution in [0.1, 0.15) is 24.2 Å². The van der Waals surface area contributed by atoms with Crippen LogP contribution in [-0.2, 0) is 4.74 Å². The van der Waals surface area contributed by atoms with Crippen molar-refractivity contribution in [3.8, 4) is 0 Å². The average molecular weight is 237 g/mol. The maximum absolute atomic E-state index is 10.8. The van der Waals surface area contributed by atoms with Gasteiger partial charge in [0.1, 0.15) is 0 Å². The Labute approximate surface area is 102 Å². The quantitative estimate of drug-likeness (QED) is 0.824. The number of nitrogens with zero attached hydrogens (tertiary/aromatic N) is 1. The molecular weight excluding hydrogens is 218 g/mol. The lowest BCUT2D eigenvalue weighted by Gasteiger charge is -2.20. The van der Waals surface area contributed by atoms with E-state index in [1.54, 1.807) is 18.2 Å². The highest BCUT2D eigenvalue weighted by Crippen LogP contribution is 2.14. The summed E-state index contributed by atoms with van der Waals surface area (Å²) in [5.74, 6) is -0.904. The summed E-state index contributed by atoms with van der Waals surface area (Å²) in [5, 5.41) is 8.90. The molecule has 0 heterocycles. The van der Waals surface area contributed by atoms with Crippen LogP contribution in [0, 0.1) is 0 Å². The standard InChI is InChI=1S/C13H19NO3/c1-10(2)17-8-7-14(3)12-6-4-5-11(9-12)13(15)16/h4-6,9-10H,7-8H2,1-3H3,(H,15,16). The van der Waals surface area contributed by atoms with Gasteiger partial charge in [-0.1, -0.05) is 6.07 Å². The molecule has 0 aliphatic rings. The van der Waals surface area contributed by atoms with Gasteiger partial charge in [-0.15, -0.1) is 0 Å². The number of benzene rings is 1. The predicted octanol–water partition coefficient (Wildman–Crippen LogP) is 2.25. The molecule has 1 aromatic rings. The van der Waals surface area contributed by atoms with Crippen molar-refractivity contribution in [1.82, 2.24) is 0 Å². The van der Waals surface area contributed by atoms with Gasteiger partial charge in [0.15, 0.2) is 0 Å². The van der Waals surface area contributed by atoms with Crippen LogP contribution in [0.4, 0.5) is 5.69 Å². The van der Waals surface area contributed by atoms with Gasteiger partial charge in [0.2, 0.25) is 0 Å². The maximum Gasteiger partial charge on any atom is 0.335 e. The summed E-state index contributed by atoms with van der Waals surface area (Å²) in [5.41, 5.74) is 1.19. The van der Waals surface area contributed by atoms with Gasteiger partial charge >= 0.3 is 5.97 Å². The molecule has 1 rings (SSSR count). The van der Waals surface area contributed by atoms with Crippen molar-refractivity contribution in [3.05, 3.63) is 29.8 Å². The monoisotopic (exact) mass is 237 g/mol. The molecule has 1 aromatic carbocycles. The van der Waals surface area contributed by atoms with Gasteiger partial charge in [0.05, 0.1) is 18.3 Å². The third-order valence-electron chi connectivity index (χ3n) is 2.41. The number of ether oxygens (including phenoxy) is 1. The van der Waals surface area contributed by atoms with Crippen LogP contribution in [-0.4, -0.2) is 37.4 Å². The number of rotatable bonds is 6. The topological polar surface area (TPSA) is 49.8 Å². The van der Waals surface area contributed by atoms with Gasteiger partial charge in [-0.25, -0.2) is 4.79 Å². The molecule has 1 N–H and O–H groups in total. The predicted molar refractivity (Wildman–Crippen MR) is 67.8 cm³/mol. The van der Waals surface area contributed by atoms with Crippen LogP contribution in [0.15, 0.2) is 24.3 Å². The van der Waals surface area contributed by atoms with Crippen molar-refractivity contribution in [2.24, 2.45) is 0 Å². The van der Waals surface area contributed by atoms with Gasteiger partial charge in [0.25, 0.3) is 0 Å². The minimum atomic E-state index is -0.904. The second-order valence-electron chi connectivity index (χ2n) is 4.20. The number of anilines is 1. The number of aromatic carboxylic acids is 1. The van der Waals surface area contributed by atoms with Crippen LogP contribution < -0.4 is 4.90 Å². The summed E-state index contributed by atoms with van der Waals surface area (Å²) in [6, 6.07) is 6.89. The number of likely N-dealkylation sites (N-methyl/N-ethyl adjacent to an activating group) is 1. The molecule has 94 valence electrons. The summed E-state index contributed by atoms with van der Waals surface area (Å²) in [6.07, 6.45) is 0.216. The SMILES string of the molecule is CC(C)OCCN(C)c1cccc(C(=O)O)c1. The fraction of sp³-hybridized carbons (Fsp3) is 0.462. The molecule has 0 bridgehead atoms. The Balaban J connectivity index is 2.59. The smallest absolute Gasteiger partial charge is 0.335 e. The minimum absolute atomic E-state index is 0.216. The highest BCUT2D eigenvalue weighted by atomic mass is 16.5. The first kappa shape index (κ1) is 13.5. The molecule has 0 fully saturated rings. The zero-order valence-electron chi connectivity index (χ0n) is 10.5. The number of hydrogen-bond donors (Lipinski definition) is 1. The number of carbonyl (C=O) groups is 1. The van der Waals surface area contributed by atoms with Crippen LogP contribution in [0.3, 0.4) is 0 Å². The molecule has 0 radical (unpaired) electrons. The Morgan fingerprint density at radius 1 is 1.47 bits per heavy atom. The van der Waals surface area contributed by atoms with E-state index in [1.165, 1.54) is 0 Å². The van der Waals surface area contributed by atoms with Crippen molar-refractivity contribution >= 4 is 11.7 Å². The number of carboxylic acid groups (broad SMARTS) is 1. The number of hydrogen-bond acceptors (Lipinski definition) is 3. The van der Waals surface area contributed by atoms with Gasteiger partial charge < -0.3 is 14.7 Å². The third kappa shape index (κ3) is 4.44. The fourth-order valence-electron chi connectivity index (χ4n) is 1.43. The largest absolute Gasteiger partial charge is 0.478 e. The summed E-state index contributed by atoms with van der Waals surface area (Å²) in [7, 11) is 1.92. The van der Waals surface area contributed by atoms with Gasteiger partial charge in [-0.05, 0) is 32.0 Å². The molecule has 0 saturated carbocycles. The molecule has 0 saturated heterocycles. The van der Waals surface area contributed by atoms with E-state index < -0.39 is 5.97 Å². The zero-order valence-corrected chi connectivity index (χ0v) is 10.5. The number of carboxylic acids is 1. The highest BCUT2D eigenvalue weighted by molar-refractivity contribution is 5.88. The van der Waals surface area contributed by atoms with Crippen molar-refractivity contribution in [2.45, 2.75) is 20.0 Å². The van der Waals surface area contributed by atoms with E-state index in [0.29, 0.717) is 12.2 Å². The van der Waals surface area contributed by atoms with Crippen LogP contribution in [0.5, 0.6) is 0 Å². The molecule has 0 spiro atoms. The van der Waals surface area contributed by atoms with Gasteiger partial charge in [0, 0.05) is 19.3 Å².